The molecule has 5 heteroatoms. The van der Waals surface area contributed by atoms with Crippen LogP contribution >= 0.6 is 11.3 Å². The summed E-state index contributed by atoms with van der Waals surface area (Å²) in [6, 6.07) is 6.90. The molecule has 1 aromatic carbocycles. The summed E-state index contributed by atoms with van der Waals surface area (Å²) in [5.74, 6) is -0.534. The van der Waals surface area contributed by atoms with Crippen LogP contribution in [-0.4, -0.2) is 29.3 Å². The Morgan fingerprint density at radius 1 is 1.45 bits per heavy atom. The van der Waals surface area contributed by atoms with Crippen molar-refractivity contribution in [3.8, 4) is 11.3 Å². The molecule has 0 radical (unpaired) electrons. The van der Waals surface area contributed by atoms with Gasteiger partial charge in [-0.25, -0.2) is 9.78 Å². The highest BCUT2D eigenvalue weighted by atomic mass is 32.1. The Kier molecular flexibility index (Phi) is 3.80. The molecular formula is C15H15NO3S. The largest absolute Gasteiger partial charge is 0.478 e. The number of carboxylic acid groups (broad SMARTS) is 1. The molecule has 1 aliphatic heterocycles. The van der Waals surface area contributed by atoms with Gasteiger partial charge in [-0.3, -0.25) is 0 Å². The van der Waals surface area contributed by atoms with Crippen molar-refractivity contribution in [2.75, 3.05) is 13.2 Å². The van der Waals surface area contributed by atoms with Gasteiger partial charge in [0.1, 0.15) is 0 Å². The second-order valence-corrected chi connectivity index (χ2v) is 5.76. The number of aromatic carboxylic acids is 1. The van der Waals surface area contributed by atoms with E-state index in [4.69, 9.17) is 9.84 Å². The van der Waals surface area contributed by atoms with Gasteiger partial charge in [0.15, 0.2) is 0 Å². The molecule has 1 aromatic heterocycles. The first kappa shape index (κ1) is 13.3. The van der Waals surface area contributed by atoms with Crippen molar-refractivity contribution in [2.45, 2.75) is 18.8 Å². The number of hydrogen-bond acceptors (Lipinski definition) is 4. The van der Waals surface area contributed by atoms with Crippen LogP contribution in [0.2, 0.25) is 0 Å². The highest BCUT2D eigenvalue weighted by Crippen LogP contribution is 2.31. The molecule has 104 valence electrons. The van der Waals surface area contributed by atoms with Crippen molar-refractivity contribution < 1.29 is 14.6 Å². The fourth-order valence-electron chi connectivity index (χ4n) is 2.35. The summed E-state index contributed by atoms with van der Waals surface area (Å²) in [6.45, 7) is 1.58. The number of aromatic nitrogens is 1. The fraction of sp³-hybridized carbons (Fsp3) is 0.333. The normalized spacial score (nSPS) is 18.9. The van der Waals surface area contributed by atoms with E-state index in [1.165, 1.54) is 0 Å². The van der Waals surface area contributed by atoms with E-state index >= 15 is 0 Å². The lowest BCUT2D eigenvalue weighted by atomic mass is 10.0. The van der Waals surface area contributed by atoms with Crippen LogP contribution in [0.3, 0.4) is 0 Å². The summed E-state index contributed by atoms with van der Waals surface area (Å²) >= 11 is 1.63. The maximum atomic E-state index is 11.0. The Morgan fingerprint density at radius 3 is 3.10 bits per heavy atom. The SMILES string of the molecule is O=C(O)c1cccc(-c2csc(C3CCCOC3)n2)c1. The number of benzene rings is 1. The minimum absolute atomic E-state index is 0.290. The predicted molar refractivity (Wildman–Crippen MR) is 77.3 cm³/mol. The molecule has 0 spiro atoms. The third-order valence-corrected chi connectivity index (χ3v) is 4.44. The first-order valence-electron chi connectivity index (χ1n) is 6.61. The molecule has 3 rings (SSSR count). The van der Waals surface area contributed by atoms with Gasteiger partial charge in [-0.1, -0.05) is 12.1 Å². The van der Waals surface area contributed by atoms with Gasteiger partial charge in [-0.2, -0.15) is 0 Å². The zero-order valence-electron chi connectivity index (χ0n) is 10.9. The highest BCUT2D eigenvalue weighted by molar-refractivity contribution is 7.10. The molecule has 1 atom stereocenters. The van der Waals surface area contributed by atoms with Gasteiger partial charge >= 0.3 is 5.97 Å². The number of nitrogens with zero attached hydrogens (tertiary/aromatic N) is 1. The number of hydrogen-bond donors (Lipinski definition) is 1. The summed E-state index contributed by atoms with van der Waals surface area (Å²) in [5.41, 5.74) is 1.99. The number of thiazole rings is 1. The van der Waals surface area contributed by atoms with E-state index in [9.17, 15) is 4.79 Å². The molecule has 0 aliphatic carbocycles. The first-order chi connectivity index (χ1) is 9.74. The van der Waals surface area contributed by atoms with Crippen molar-refractivity contribution >= 4 is 17.3 Å². The maximum absolute atomic E-state index is 11.0. The summed E-state index contributed by atoms with van der Waals surface area (Å²) in [6.07, 6.45) is 2.19. The molecule has 1 fully saturated rings. The van der Waals surface area contributed by atoms with Crippen molar-refractivity contribution in [3.63, 3.8) is 0 Å². The minimum atomic E-state index is -0.914. The smallest absolute Gasteiger partial charge is 0.335 e. The third-order valence-electron chi connectivity index (χ3n) is 3.44. The van der Waals surface area contributed by atoms with Gasteiger partial charge in [0.2, 0.25) is 0 Å². The molecule has 0 bridgehead atoms. The van der Waals surface area contributed by atoms with Gasteiger partial charge in [0.25, 0.3) is 0 Å². The van der Waals surface area contributed by atoms with Crippen molar-refractivity contribution in [1.29, 1.82) is 0 Å². The topological polar surface area (TPSA) is 59.4 Å². The highest BCUT2D eigenvalue weighted by Gasteiger charge is 2.19. The predicted octanol–water partition coefficient (Wildman–Crippen LogP) is 3.40. The van der Waals surface area contributed by atoms with Crippen molar-refractivity contribution in [2.24, 2.45) is 0 Å². The van der Waals surface area contributed by atoms with Gasteiger partial charge in [-0.15, -0.1) is 11.3 Å². The average Bonchev–Trinajstić information content (AvgIpc) is 2.98. The molecule has 2 heterocycles. The van der Waals surface area contributed by atoms with Crippen LogP contribution in [0.1, 0.15) is 34.1 Å². The van der Waals surface area contributed by atoms with Gasteiger partial charge in [-0.05, 0) is 25.0 Å². The lowest BCUT2D eigenvalue weighted by molar-refractivity contribution is 0.0697. The van der Waals surface area contributed by atoms with Crippen LogP contribution < -0.4 is 0 Å². The Morgan fingerprint density at radius 2 is 2.35 bits per heavy atom. The monoisotopic (exact) mass is 289 g/mol. The summed E-state index contributed by atoms with van der Waals surface area (Å²) in [7, 11) is 0. The van der Waals surface area contributed by atoms with Crippen LogP contribution in [0.5, 0.6) is 0 Å². The summed E-state index contributed by atoms with van der Waals surface area (Å²) in [5, 5.41) is 12.1. The van der Waals surface area contributed by atoms with E-state index in [-0.39, 0.29) is 5.56 Å². The van der Waals surface area contributed by atoms with Gasteiger partial charge in [0, 0.05) is 23.5 Å². The lowest BCUT2D eigenvalue weighted by Gasteiger charge is -2.19. The molecule has 1 N–H and O–H groups in total. The quantitative estimate of drug-likeness (QED) is 0.940. The van der Waals surface area contributed by atoms with E-state index in [1.54, 1.807) is 29.5 Å². The molecule has 1 unspecified atom stereocenters. The van der Waals surface area contributed by atoms with Crippen LogP contribution in [0.15, 0.2) is 29.6 Å². The fourth-order valence-corrected chi connectivity index (χ4v) is 3.31. The number of rotatable bonds is 3. The van der Waals surface area contributed by atoms with Crippen LogP contribution in [-0.2, 0) is 4.74 Å². The first-order valence-corrected chi connectivity index (χ1v) is 7.49. The van der Waals surface area contributed by atoms with E-state index in [2.05, 4.69) is 4.98 Å². The average molecular weight is 289 g/mol. The van der Waals surface area contributed by atoms with Crippen LogP contribution in [0, 0.1) is 0 Å². The Balaban J connectivity index is 1.85. The molecule has 1 saturated heterocycles. The van der Waals surface area contributed by atoms with E-state index in [1.807, 2.05) is 11.4 Å². The number of carboxylic acids is 1. The van der Waals surface area contributed by atoms with E-state index in [0.29, 0.717) is 5.92 Å². The maximum Gasteiger partial charge on any atom is 0.335 e. The second kappa shape index (κ2) is 5.73. The summed E-state index contributed by atoms with van der Waals surface area (Å²) in [4.78, 5) is 15.7. The van der Waals surface area contributed by atoms with Crippen LogP contribution in [0.25, 0.3) is 11.3 Å². The third kappa shape index (κ3) is 2.73. The van der Waals surface area contributed by atoms with Crippen molar-refractivity contribution in [3.05, 3.63) is 40.2 Å². The summed E-state index contributed by atoms with van der Waals surface area (Å²) < 4.78 is 5.49. The van der Waals surface area contributed by atoms with Crippen molar-refractivity contribution in [1.82, 2.24) is 4.98 Å². The standard InChI is InChI=1S/C15H15NO3S/c17-15(18)11-4-1-3-10(7-11)13-9-20-14(16-13)12-5-2-6-19-8-12/h1,3-4,7,9,12H,2,5-6,8H2,(H,17,18). The zero-order chi connectivity index (χ0) is 13.9. The van der Waals surface area contributed by atoms with E-state index in [0.717, 1.165) is 42.3 Å². The molecule has 20 heavy (non-hydrogen) atoms. The molecular weight excluding hydrogens is 274 g/mol. The molecule has 0 amide bonds. The molecule has 0 saturated carbocycles. The second-order valence-electron chi connectivity index (χ2n) is 4.87. The lowest BCUT2D eigenvalue weighted by Crippen LogP contribution is -2.15. The Bertz CT molecular complexity index is 617. The molecule has 2 aromatic rings. The van der Waals surface area contributed by atoms with Gasteiger partial charge < -0.3 is 9.84 Å². The van der Waals surface area contributed by atoms with Crippen LogP contribution in [0.4, 0.5) is 0 Å². The molecule has 4 nitrogen and oxygen atoms in total. The Hall–Kier alpha value is -1.72. The van der Waals surface area contributed by atoms with E-state index < -0.39 is 5.97 Å². The van der Waals surface area contributed by atoms with Gasteiger partial charge in [0.05, 0.1) is 22.9 Å². The minimum Gasteiger partial charge on any atom is -0.478 e. The zero-order valence-corrected chi connectivity index (χ0v) is 11.7. The number of ether oxygens (including phenoxy) is 1. The number of carbonyl (C=O) groups is 1. The molecule has 1 aliphatic rings. The Labute approximate surface area is 121 Å².